The normalized spacial score (nSPS) is 11.7. The molecule has 0 radical (unpaired) electrons. The molecule has 3 N–H and O–H groups in total. The molecule has 0 aliphatic heterocycles. The maximum Gasteiger partial charge on any atom is 0.296 e. The van der Waals surface area contributed by atoms with Crippen molar-refractivity contribution in [1.82, 2.24) is 0 Å². The van der Waals surface area contributed by atoms with E-state index >= 15 is 0 Å². The molecule has 0 aliphatic carbocycles. The standard InChI is InChI=1S/C26H22ClN3O6S/c1-3-36-18-9-6-8-17(14-18)28-26(32)20-13-16-7-4-5-10-19(16)24(25(20)31)30-29-23-15(2)21(27)11-12-22(23)37(33,34)35/h4-14,31H,3H2,1-2H3,(H,28,32)(H,33,34,35). The Bertz CT molecular complexity index is 1650. The molecule has 4 rings (SSSR count). The van der Waals surface area contributed by atoms with Crippen molar-refractivity contribution in [1.29, 1.82) is 0 Å². The van der Waals surface area contributed by atoms with Gasteiger partial charge >= 0.3 is 0 Å². The van der Waals surface area contributed by atoms with Gasteiger partial charge in [-0.1, -0.05) is 41.9 Å². The number of carbonyl (C=O) groups is 1. The average molecular weight is 540 g/mol. The van der Waals surface area contributed by atoms with Gasteiger partial charge in [-0.15, -0.1) is 10.2 Å². The first-order valence-corrected chi connectivity index (χ1v) is 12.9. The fourth-order valence-electron chi connectivity index (χ4n) is 3.70. The van der Waals surface area contributed by atoms with E-state index < -0.39 is 26.7 Å². The Kier molecular flexibility index (Phi) is 7.44. The number of nitrogens with one attached hydrogen (secondary N) is 1. The second kappa shape index (κ2) is 10.6. The zero-order valence-electron chi connectivity index (χ0n) is 19.8. The van der Waals surface area contributed by atoms with Gasteiger partial charge in [0, 0.05) is 22.2 Å². The first kappa shape index (κ1) is 26.1. The Balaban J connectivity index is 1.82. The molecule has 0 aromatic heterocycles. The number of phenols is 1. The van der Waals surface area contributed by atoms with Crippen LogP contribution in [0.3, 0.4) is 0 Å². The molecule has 0 saturated heterocycles. The maximum absolute atomic E-state index is 13.1. The summed E-state index contributed by atoms with van der Waals surface area (Å²) in [6.07, 6.45) is 0. The molecule has 37 heavy (non-hydrogen) atoms. The third-order valence-corrected chi connectivity index (χ3v) is 6.79. The number of amides is 1. The fourth-order valence-corrected chi connectivity index (χ4v) is 4.53. The summed E-state index contributed by atoms with van der Waals surface area (Å²) in [4.78, 5) is 12.6. The van der Waals surface area contributed by atoms with E-state index in [1.165, 1.54) is 19.1 Å². The van der Waals surface area contributed by atoms with E-state index in [0.29, 0.717) is 28.8 Å². The van der Waals surface area contributed by atoms with E-state index in [0.717, 1.165) is 6.07 Å². The zero-order chi connectivity index (χ0) is 26.7. The number of rotatable bonds is 7. The summed E-state index contributed by atoms with van der Waals surface area (Å²) >= 11 is 6.13. The molecule has 4 aromatic carbocycles. The number of hydrogen-bond acceptors (Lipinski definition) is 7. The minimum absolute atomic E-state index is 0.0630. The van der Waals surface area contributed by atoms with Crippen LogP contribution in [0.25, 0.3) is 10.8 Å². The molecule has 190 valence electrons. The number of fused-ring (bicyclic) bond motifs is 1. The predicted molar refractivity (Wildman–Crippen MR) is 141 cm³/mol. The molecular formula is C26H22ClN3O6S. The van der Waals surface area contributed by atoms with Gasteiger partial charge < -0.3 is 15.2 Å². The molecule has 0 saturated carbocycles. The largest absolute Gasteiger partial charge is 0.505 e. The summed E-state index contributed by atoms with van der Waals surface area (Å²) in [6, 6.07) is 17.6. The number of aromatic hydroxyl groups is 1. The van der Waals surface area contributed by atoms with E-state index in [-0.39, 0.29) is 27.5 Å². The van der Waals surface area contributed by atoms with Crippen LogP contribution in [-0.4, -0.2) is 30.6 Å². The van der Waals surface area contributed by atoms with Gasteiger partial charge in [-0.3, -0.25) is 9.35 Å². The maximum atomic E-state index is 13.1. The summed E-state index contributed by atoms with van der Waals surface area (Å²) < 4.78 is 38.9. The van der Waals surface area contributed by atoms with Crippen LogP contribution in [0.5, 0.6) is 11.5 Å². The molecule has 0 heterocycles. The summed E-state index contributed by atoms with van der Waals surface area (Å²) in [6.45, 7) is 3.82. The molecular weight excluding hydrogens is 518 g/mol. The third-order valence-electron chi connectivity index (χ3n) is 5.50. The lowest BCUT2D eigenvalue weighted by molar-refractivity contribution is 0.102. The predicted octanol–water partition coefficient (Wildman–Crippen LogP) is 6.82. The highest BCUT2D eigenvalue weighted by Gasteiger charge is 2.21. The lowest BCUT2D eigenvalue weighted by Gasteiger charge is -2.12. The van der Waals surface area contributed by atoms with Crippen molar-refractivity contribution < 1.29 is 27.6 Å². The second-order valence-electron chi connectivity index (χ2n) is 7.95. The average Bonchev–Trinajstić information content (AvgIpc) is 2.85. The van der Waals surface area contributed by atoms with Gasteiger partial charge in [-0.2, -0.15) is 8.42 Å². The van der Waals surface area contributed by atoms with Crippen LogP contribution in [-0.2, 0) is 10.1 Å². The van der Waals surface area contributed by atoms with Crippen molar-refractivity contribution in [2.45, 2.75) is 18.7 Å². The van der Waals surface area contributed by atoms with Crippen molar-refractivity contribution in [2.24, 2.45) is 10.2 Å². The first-order valence-electron chi connectivity index (χ1n) is 11.1. The van der Waals surface area contributed by atoms with Gasteiger partial charge in [0.1, 0.15) is 22.0 Å². The Morgan fingerprint density at radius 1 is 1.03 bits per heavy atom. The van der Waals surface area contributed by atoms with Crippen LogP contribution in [0.15, 0.2) is 81.9 Å². The zero-order valence-corrected chi connectivity index (χ0v) is 21.3. The van der Waals surface area contributed by atoms with Crippen LogP contribution >= 0.6 is 11.6 Å². The van der Waals surface area contributed by atoms with Crippen LogP contribution in [0.4, 0.5) is 17.1 Å². The first-order chi connectivity index (χ1) is 17.6. The summed E-state index contributed by atoms with van der Waals surface area (Å²) in [5.41, 5.74) is 0.381. The van der Waals surface area contributed by atoms with Gasteiger partial charge in [-0.25, -0.2) is 0 Å². The van der Waals surface area contributed by atoms with Crippen LogP contribution in [0.2, 0.25) is 5.02 Å². The third kappa shape index (κ3) is 5.56. The SMILES string of the molecule is CCOc1cccc(NC(=O)c2cc3ccccc3c(N=Nc3c(S(=O)(=O)O)ccc(Cl)c3C)c2O)c1. The van der Waals surface area contributed by atoms with E-state index in [2.05, 4.69) is 15.5 Å². The molecule has 0 aliphatic rings. The van der Waals surface area contributed by atoms with Crippen molar-refractivity contribution in [3.8, 4) is 11.5 Å². The van der Waals surface area contributed by atoms with Gasteiger partial charge in [0.15, 0.2) is 5.75 Å². The molecule has 1 amide bonds. The minimum Gasteiger partial charge on any atom is -0.505 e. The van der Waals surface area contributed by atoms with Crippen LogP contribution < -0.4 is 10.1 Å². The highest BCUT2D eigenvalue weighted by atomic mass is 35.5. The Labute approximate surface area is 218 Å². The summed E-state index contributed by atoms with van der Waals surface area (Å²) in [5.74, 6) is -0.496. The van der Waals surface area contributed by atoms with Crippen molar-refractivity contribution in [3.05, 3.63) is 82.9 Å². The minimum atomic E-state index is -4.64. The molecule has 4 aromatic rings. The molecule has 0 bridgehead atoms. The summed E-state index contributed by atoms with van der Waals surface area (Å²) in [7, 11) is -4.64. The number of anilines is 1. The Morgan fingerprint density at radius 3 is 2.49 bits per heavy atom. The number of halogens is 1. The highest BCUT2D eigenvalue weighted by Crippen LogP contribution is 2.41. The lowest BCUT2D eigenvalue weighted by Crippen LogP contribution is -2.12. The van der Waals surface area contributed by atoms with Gasteiger partial charge in [0.05, 0.1) is 12.2 Å². The second-order valence-corrected chi connectivity index (χ2v) is 9.75. The number of phenolic OH excluding ortho intramolecular Hbond substituents is 1. The topological polar surface area (TPSA) is 138 Å². The fraction of sp³-hybridized carbons (Fsp3) is 0.115. The number of ether oxygens (including phenoxy) is 1. The molecule has 0 atom stereocenters. The number of benzene rings is 4. The van der Waals surface area contributed by atoms with Crippen molar-refractivity contribution in [3.63, 3.8) is 0 Å². The smallest absolute Gasteiger partial charge is 0.296 e. The number of nitrogens with zero attached hydrogens (tertiary/aromatic N) is 2. The molecule has 9 nitrogen and oxygen atoms in total. The monoisotopic (exact) mass is 539 g/mol. The van der Waals surface area contributed by atoms with E-state index in [9.17, 15) is 22.9 Å². The number of carbonyl (C=O) groups excluding carboxylic acids is 1. The molecule has 0 spiro atoms. The number of azo groups is 1. The Hall–Kier alpha value is -3.99. The number of hydrogen-bond donors (Lipinski definition) is 3. The van der Waals surface area contributed by atoms with E-state index in [4.69, 9.17) is 16.3 Å². The lowest BCUT2D eigenvalue weighted by atomic mass is 10.0. The van der Waals surface area contributed by atoms with E-state index in [1.807, 2.05) is 6.92 Å². The summed E-state index contributed by atoms with van der Waals surface area (Å²) in [5, 5.41) is 23.2. The quantitative estimate of drug-likeness (QED) is 0.174. The molecule has 0 fully saturated rings. The van der Waals surface area contributed by atoms with Crippen LogP contribution in [0.1, 0.15) is 22.8 Å². The van der Waals surface area contributed by atoms with E-state index in [1.54, 1.807) is 48.5 Å². The molecule has 0 unspecified atom stereocenters. The van der Waals surface area contributed by atoms with Crippen molar-refractivity contribution in [2.75, 3.05) is 11.9 Å². The van der Waals surface area contributed by atoms with Gasteiger partial charge in [-0.05, 0) is 55.1 Å². The van der Waals surface area contributed by atoms with Gasteiger partial charge in [0.25, 0.3) is 16.0 Å². The van der Waals surface area contributed by atoms with Gasteiger partial charge in [0.2, 0.25) is 0 Å². The highest BCUT2D eigenvalue weighted by molar-refractivity contribution is 7.86. The molecule has 11 heteroatoms. The van der Waals surface area contributed by atoms with Crippen molar-refractivity contribution >= 4 is 55.5 Å². The van der Waals surface area contributed by atoms with Crippen LogP contribution in [0, 0.1) is 6.92 Å². The Morgan fingerprint density at radius 2 is 1.76 bits per heavy atom.